The molecule has 0 unspecified atom stereocenters. The maximum Gasteiger partial charge on any atom is 0.322 e. The van der Waals surface area contributed by atoms with Crippen LogP contribution in [0.3, 0.4) is 0 Å². The number of urea groups is 1. The number of hydrogen-bond donors (Lipinski definition) is 1. The highest BCUT2D eigenvalue weighted by Gasteiger charge is 2.25. The summed E-state index contributed by atoms with van der Waals surface area (Å²) in [7, 11) is 1.56. The molecule has 1 aliphatic carbocycles. The van der Waals surface area contributed by atoms with E-state index in [0.29, 0.717) is 29.0 Å². The van der Waals surface area contributed by atoms with E-state index in [9.17, 15) is 4.79 Å². The average molecular weight is 309 g/mol. The third kappa shape index (κ3) is 3.91. The number of nitrogens with one attached hydrogen (secondary N) is 1. The summed E-state index contributed by atoms with van der Waals surface area (Å²) in [5, 5.41) is 3.37. The third-order valence-electron chi connectivity index (χ3n) is 3.76. The van der Waals surface area contributed by atoms with Crippen LogP contribution in [-0.2, 0) is 0 Å². The van der Waals surface area contributed by atoms with Gasteiger partial charge in [-0.3, -0.25) is 0 Å². The number of amides is 2. The number of ether oxygens (including phenoxy) is 1. The van der Waals surface area contributed by atoms with Crippen molar-refractivity contribution in [3.05, 3.63) is 35.9 Å². The molecular weight excluding hydrogens is 288 g/mol. The van der Waals surface area contributed by atoms with E-state index in [1.807, 2.05) is 4.90 Å². The molecule has 0 aromatic heterocycles. The molecule has 0 aliphatic heterocycles. The molecule has 1 aliphatic rings. The minimum atomic E-state index is -0.108. The van der Waals surface area contributed by atoms with E-state index < -0.39 is 0 Å². The molecule has 1 aromatic rings. The summed E-state index contributed by atoms with van der Waals surface area (Å²) in [6, 6.07) is 5.41. The molecule has 1 fully saturated rings. The smallest absolute Gasteiger partial charge is 0.322 e. The first-order valence-corrected chi connectivity index (χ1v) is 7.55. The molecule has 2 amide bonds. The summed E-state index contributed by atoms with van der Waals surface area (Å²) in [5.41, 5.74) is 0.665. The van der Waals surface area contributed by atoms with Crippen LogP contribution in [0.4, 0.5) is 10.5 Å². The topological polar surface area (TPSA) is 41.6 Å². The van der Waals surface area contributed by atoms with E-state index in [2.05, 4.69) is 11.9 Å². The lowest BCUT2D eigenvalue weighted by atomic mass is 10.2. The number of carbonyl (C=O) groups excluding carboxylic acids is 1. The molecule has 0 heterocycles. The Bertz CT molecular complexity index is 513. The van der Waals surface area contributed by atoms with Crippen LogP contribution in [0.1, 0.15) is 25.7 Å². The van der Waals surface area contributed by atoms with Gasteiger partial charge in [0.15, 0.2) is 0 Å². The van der Waals surface area contributed by atoms with Gasteiger partial charge in [0.2, 0.25) is 0 Å². The summed E-state index contributed by atoms with van der Waals surface area (Å²) in [4.78, 5) is 14.3. The predicted octanol–water partition coefficient (Wildman–Crippen LogP) is 4.31. The Hall–Kier alpha value is -1.68. The fourth-order valence-corrected chi connectivity index (χ4v) is 2.95. The molecule has 0 saturated heterocycles. The molecule has 0 bridgehead atoms. The lowest BCUT2D eigenvalue weighted by molar-refractivity contribution is 0.196. The van der Waals surface area contributed by atoms with Crippen molar-refractivity contribution in [2.45, 2.75) is 31.7 Å². The summed E-state index contributed by atoms with van der Waals surface area (Å²) in [6.07, 6.45) is 6.24. The van der Waals surface area contributed by atoms with Gasteiger partial charge >= 0.3 is 6.03 Å². The van der Waals surface area contributed by atoms with Crippen molar-refractivity contribution in [1.82, 2.24) is 4.90 Å². The van der Waals surface area contributed by atoms with E-state index >= 15 is 0 Å². The summed E-state index contributed by atoms with van der Waals surface area (Å²) in [5.74, 6) is 0.591. The Morgan fingerprint density at radius 2 is 2.24 bits per heavy atom. The van der Waals surface area contributed by atoms with Crippen molar-refractivity contribution in [2.24, 2.45) is 0 Å². The number of nitrogens with zero attached hydrogens (tertiary/aromatic N) is 1. The monoisotopic (exact) mass is 308 g/mol. The average Bonchev–Trinajstić information content (AvgIpc) is 2.98. The number of halogens is 1. The van der Waals surface area contributed by atoms with Crippen LogP contribution in [0.15, 0.2) is 30.9 Å². The fourth-order valence-electron chi connectivity index (χ4n) is 2.69. The molecule has 1 N–H and O–H groups in total. The zero-order valence-corrected chi connectivity index (χ0v) is 13.0. The molecular formula is C16H21ClN2O2. The minimum Gasteiger partial charge on any atom is -0.495 e. The van der Waals surface area contributed by atoms with Crippen LogP contribution in [-0.4, -0.2) is 30.6 Å². The highest BCUT2D eigenvalue weighted by Crippen LogP contribution is 2.28. The van der Waals surface area contributed by atoms with Gasteiger partial charge in [-0.15, -0.1) is 6.58 Å². The largest absolute Gasteiger partial charge is 0.495 e. The second kappa shape index (κ2) is 7.36. The van der Waals surface area contributed by atoms with Crippen molar-refractivity contribution in [3.8, 4) is 5.75 Å². The molecule has 5 heteroatoms. The molecule has 0 spiro atoms. The second-order valence-corrected chi connectivity index (χ2v) is 5.57. The van der Waals surface area contributed by atoms with Crippen molar-refractivity contribution in [1.29, 1.82) is 0 Å². The van der Waals surface area contributed by atoms with Gasteiger partial charge in [0.25, 0.3) is 0 Å². The number of carbonyl (C=O) groups is 1. The molecule has 2 rings (SSSR count). The predicted molar refractivity (Wildman–Crippen MR) is 86.2 cm³/mol. The van der Waals surface area contributed by atoms with Crippen LogP contribution in [0.5, 0.6) is 5.75 Å². The van der Waals surface area contributed by atoms with Crippen molar-refractivity contribution >= 4 is 23.3 Å². The van der Waals surface area contributed by atoms with Crippen molar-refractivity contribution in [3.63, 3.8) is 0 Å². The van der Waals surface area contributed by atoms with E-state index in [1.54, 1.807) is 31.4 Å². The van der Waals surface area contributed by atoms with Gasteiger partial charge in [-0.2, -0.15) is 0 Å². The molecule has 0 atom stereocenters. The summed E-state index contributed by atoms with van der Waals surface area (Å²) >= 11 is 6.07. The van der Waals surface area contributed by atoms with Gasteiger partial charge in [-0.05, 0) is 31.0 Å². The summed E-state index contributed by atoms with van der Waals surface area (Å²) in [6.45, 7) is 4.29. The Labute approximate surface area is 130 Å². The van der Waals surface area contributed by atoms with Crippen LogP contribution < -0.4 is 10.1 Å². The Balaban J connectivity index is 2.07. The van der Waals surface area contributed by atoms with E-state index in [-0.39, 0.29) is 6.03 Å². The summed E-state index contributed by atoms with van der Waals surface area (Å²) < 4.78 is 5.10. The minimum absolute atomic E-state index is 0.108. The van der Waals surface area contributed by atoms with E-state index in [0.717, 1.165) is 12.8 Å². The standard InChI is InChI=1S/C16H21ClN2O2/c1-3-10-19(13-6-4-5-7-13)16(20)18-12-8-9-15(21-2)14(17)11-12/h3,8-9,11,13H,1,4-7,10H2,2H3,(H,18,20). The van der Waals surface area contributed by atoms with Gasteiger partial charge in [-0.1, -0.05) is 30.5 Å². The zero-order valence-electron chi connectivity index (χ0n) is 12.3. The van der Waals surface area contributed by atoms with Gasteiger partial charge in [0.1, 0.15) is 5.75 Å². The SMILES string of the molecule is C=CCN(C(=O)Nc1ccc(OC)c(Cl)c1)C1CCCC1. The van der Waals surface area contributed by atoms with Gasteiger partial charge in [-0.25, -0.2) is 4.79 Å². The molecule has 1 aromatic carbocycles. The first kappa shape index (κ1) is 15.7. The van der Waals surface area contributed by atoms with Crippen LogP contribution >= 0.6 is 11.6 Å². The Morgan fingerprint density at radius 1 is 1.52 bits per heavy atom. The number of methoxy groups -OCH3 is 1. The Morgan fingerprint density at radius 3 is 2.81 bits per heavy atom. The zero-order chi connectivity index (χ0) is 15.2. The molecule has 4 nitrogen and oxygen atoms in total. The lowest BCUT2D eigenvalue weighted by Gasteiger charge is -2.28. The second-order valence-electron chi connectivity index (χ2n) is 5.16. The lowest BCUT2D eigenvalue weighted by Crippen LogP contribution is -2.41. The number of anilines is 1. The van der Waals surface area contributed by atoms with Gasteiger partial charge in [0, 0.05) is 18.3 Å². The van der Waals surface area contributed by atoms with Crippen LogP contribution in [0, 0.1) is 0 Å². The number of rotatable bonds is 5. The quantitative estimate of drug-likeness (QED) is 0.823. The van der Waals surface area contributed by atoms with E-state index in [1.165, 1.54) is 12.8 Å². The highest BCUT2D eigenvalue weighted by atomic mass is 35.5. The van der Waals surface area contributed by atoms with Gasteiger partial charge in [0.05, 0.1) is 12.1 Å². The fraction of sp³-hybridized carbons (Fsp3) is 0.438. The van der Waals surface area contributed by atoms with E-state index in [4.69, 9.17) is 16.3 Å². The van der Waals surface area contributed by atoms with Crippen molar-refractivity contribution < 1.29 is 9.53 Å². The molecule has 114 valence electrons. The first-order chi connectivity index (χ1) is 10.2. The molecule has 21 heavy (non-hydrogen) atoms. The van der Waals surface area contributed by atoms with Gasteiger partial charge < -0.3 is 15.0 Å². The normalized spacial score (nSPS) is 14.8. The maximum absolute atomic E-state index is 12.4. The number of benzene rings is 1. The first-order valence-electron chi connectivity index (χ1n) is 7.17. The Kier molecular flexibility index (Phi) is 5.51. The van der Waals surface area contributed by atoms with Crippen molar-refractivity contribution in [2.75, 3.05) is 19.0 Å². The third-order valence-corrected chi connectivity index (χ3v) is 4.05. The molecule has 1 saturated carbocycles. The molecule has 0 radical (unpaired) electrons. The maximum atomic E-state index is 12.4. The van der Waals surface area contributed by atoms with Crippen LogP contribution in [0.2, 0.25) is 5.02 Å². The highest BCUT2D eigenvalue weighted by molar-refractivity contribution is 6.32. The number of hydrogen-bond acceptors (Lipinski definition) is 2. The van der Waals surface area contributed by atoms with Crippen LogP contribution in [0.25, 0.3) is 0 Å².